The van der Waals surface area contributed by atoms with Gasteiger partial charge in [-0.2, -0.15) is 0 Å². The maximum Gasteiger partial charge on any atom is 0.260 e. The van der Waals surface area contributed by atoms with Crippen molar-refractivity contribution in [2.24, 2.45) is 0 Å². The molecular formula is C22H26ClNO3. The van der Waals surface area contributed by atoms with Gasteiger partial charge in [0, 0.05) is 24.7 Å². The van der Waals surface area contributed by atoms with Crippen LogP contribution >= 0.6 is 11.6 Å². The van der Waals surface area contributed by atoms with Crippen LogP contribution in [-0.4, -0.2) is 36.7 Å². The number of hydrogen-bond donors (Lipinski definition) is 0. The van der Waals surface area contributed by atoms with Crippen LogP contribution in [0.4, 0.5) is 0 Å². The van der Waals surface area contributed by atoms with Crippen LogP contribution in [0.5, 0.6) is 5.75 Å². The lowest BCUT2D eigenvalue weighted by molar-refractivity contribution is -0.135. The molecule has 0 aliphatic carbocycles. The van der Waals surface area contributed by atoms with E-state index in [2.05, 4.69) is 0 Å². The van der Waals surface area contributed by atoms with Gasteiger partial charge in [0.2, 0.25) is 0 Å². The third-order valence-electron chi connectivity index (χ3n) is 4.99. The van der Waals surface area contributed by atoms with Crippen LogP contribution in [0.1, 0.15) is 29.5 Å². The van der Waals surface area contributed by atoms with Crippen LogP contribution in [0.2, 0.25) is 5.02 Å². The van der Waals surface area contributed by atoms with Gasteiger partial charge in [-0.15, -0.1) is 0 Å². The average Bonchev–Trinajstić information content (AvgIpc) is 3.17. The first-order chi connectivity index (χ1) is 13.0. The third-order valence-corrected chi connectivity index (χ3v) is 5.25. The molecule has 1 amide bonds. The minimum Gasteiger partial charge on any atom is -0.483 e. The molecule has 5 heteroatoms. The van der Waals surface area contributed by atoms with E-state index in [1.54, 1.807) is 0 Å². The summed E-state index contributed by atoms with van der Waals surface area (Å²) in [5.74, 6) is 0.716. The molecule has 1 heterocycles. The summed E-state index contributed by atoms with van der Waals surface area (Å²) >= 11 is 5.97. The Bertz CT molecular complexity index is 770. The van der Waals surface area contributed by atoms with E-state index in [-0.39, 0.29) is 18.6 Å². The highest BCUT2D eigenvalue weighted by Gasteiger charge is 2.23. The van der Waals surface area contributed by atoms with Crippen LogP contribution in [0.25, 0.3) is 0 Å². The molecule has 1 aliphatic rings. The Balaban J connectivity index is 1.67. The van der Waals surface area contributed by atoms with E-state index in [0.29, 0.717) is 18.1 Å². The Morgan fingerprint density at radius 3 is 2.70 bits per heavy atom. The number of nitrogens with zero attached hydrogens (tertiary/aromatic N) is 1. The van der Waals surface area contributed by atoms with E-state index in [0.717, 1.165) is 41.9 Å². The summed E-state index contributed by atoms with van der Waals surface area (Å²) in [6.45, 7) is 5.93. The number of benzene rings is 2. The summed E-state index contributed by atoms with van der Waals surface area (Å²) in [6.07, 6.45) is 2.14. The molecule has 3 rings (SSSR count). The second kappa shape index (κ2) is 9.25. The lowest BCUT2D eigenvalue weighted by atomic mass is 10.1. The first-order valence-corrected chi connectivity index (χ1v) is 9.73. The molecule has 1 saturated heterocycles. The Morgan fingerprint density at radius 2 is 2.00 bits per heavy atom. The number of halogens is 1. The predicted molar refractivity (Wildman–Crippen MR) is 107 cm³/mol. The normalized spacial score (nSPS) is 16.3. The number of carbonyl (C=O) groups is 1. The van der Waals surface area contributed by atoms with E-state index in [1.165, 1.54) is 0 Å². The molecule has 27 heavy (non-hydrogen) atoms. The summed E-state index contributed by atoms with van der Waals surface area (Å²) in [5, 5.41) is 0.689. The largest absolute Gasteiger partial charge is 0.483 e. The first kappa shape index (κ1) is 19.7. The Hall–Kier alpha value is -2.04. The van der Waals surface area contributed by atoms with Crippen molar-refractivity contribution in [3.05, 3.63) is 64.2 Å². The molecule has 2 aromatic rings. The third kappa shape index (κ3) is 5.47. The standard InChI is InChI=1S/C22H26ClNO3/c1-16-5-3-7-21(17(16)2)27-15-22(25)24(14-20-6-4-12-26-20)13-18-8-10-19(23)11-9-18/h3,5,7-11,20H,4,6,12-15H2,1-2H3. The fourth-order valence-corrected chi connectivity index (χ4v) is 3.34. The van der Waals surface area contributed by atoms with Gasteiger partial charge in [0.15, 0.2) is 6.61 Å². The molecule has 1 fully saturated rings. The molecule has 0 spiro atoms. The molecule has 0 saturated carbocycles. The van der Waals surface area contributed by atoms with Crippen molar-refractivity contribution < 1.29 is 14.3 Å². The van der Waals surface area contributed by atoms with Crippen LogP contribution in [0.3, 0.4) is 0 Å². The second-order valence-corrected chi connectivity index (χ2v) is 7.46. The van der Waals surface area contributed by atoms with E-state index in [4.69, 9.17) is 21.1 Å². The van der Waals surface area contributed by atoms with Crippen molar-refractivity contribution in [3.8, 4) is 5.75 Å². The monoisotopic (exact) mass is 387 g/mol. The van der Waals surface area contributed by atoms with Crippen molar-refractivity contribution in [1.29, 1.82) is 0 Å². The van der Waals surface area contributed by atoms with Crippen molar-refractivity contribution in [3.63, 3.8) is 0 Å². The highest BCUT2D eigenvalue weighted by Crippen LogP contribution is 2.21. The van der Waals surface area contributed by atoms with Gasteiger partial charge in [0.25, 0.3) is 5.91 Å². The van der Waals surface area contributed by atoms with Crippen LogP contribution < -0.4 is 4.74 Å². The first-order valence-electron chi connectivity index (χ1n) is 9.36. The molecule has 1 unspecified atom stereocenters. The van der Waals surface area contributed by atoms with E-state index < -0.39 is 0 Å². The number of rotatable bonds is 7. The predicted octanol–water partition coefficient (Wildman–Crippen LogP) is 4.54. The van der Waals surface area contributed by atoms with Crippen LogP contribution in [0, 0.1) is 13.8 Å². The summed E-state index contributed by atoms with van der Waals surface area (Å²) in [7, 11) is 0. The average molecular weight is 388 g/mol. The Morgan fingerprint density at radius 1 is 1.22 bits per heavy atom. The van der Waals surface area contributed by atoms with Gasteiger partial charge in [-0.1, -0.05) is 35.9 Å². The Kier molecular flexibility index (Phi) is 6.75. The van der Waals surface area contributed by atoms with Crippen molar-refractivity contribution in [2.45, 2.75) is 39.3 Å². The maximum atomic E-state index is 12.9. The van der Waals surface area contributed by atoms with Crippen molar-refractivity contribution in [1.82, 2.24) is 4.90 Å². The Labute approximate surface area is 166 Å². The molecule has 0 aromatic heterocycles. The number of carbonyl (C=O) groups excluding carboxylic acids is 1. The molecule has 1 aliphatic heterocycles. The molecule has 0 radical (unpaired) electrons. The lowest BCUT2D eigenvalue weighted by Crippen LogP contribution is -2.39. The van der Waals surface area contributed by atoms with E-state index >= 15 is 0 Å². The summed E-state index contributed by atoms with van der Waals surface area (Å²) in [6, 6.07) is 13.5. The SMILES string of the molecule is Cc1cccc(OCC(=O)N(Cc2ccc(Cl)cc2)CC2CCCO2)c1C. The van der Waals surface area contributed by atoms with Gasteiger partial charge in [-0.25, -0.2) is 0 Å². The van der Waals surface area contributed by atoms with Gasteiger partial charge < -0.3 is 14.4 Å². The van der Waals surface area contributed by atoms with Gasteiger partial charge in [0.05, 0.1) is 6.10 Å². The summed E-state index contributed by atoms with van der Waals surface area (Å²) in [5.41, 5.74) is 3.25. The zero-order chi connectivity index (χ0) is 19.2. The molecule has 0 bridgehead atoms. The lowest BCUT2D eigenvalue weighted by Gasteiger charge is -2.26. The molecule has 0 N–H and O–H groups in total. The number of amides is 1. The fourth-order valence-electron chi connectivity index (χ4n) is 3.21. The molecular weight excluding hydrogens is 362 g/mol. The minimum atomic E-state index is -0.0404. The molecule has 1 atom stereocenters. The molecule has 2 aromatic carbocycles. The summed E-state index contributed by atoms with van der Waals surface area (Å²) < 4.78 is 11.6. The maximum absolute atomic E-state index is 12.9. The quantitative estimate of drug-likeness (QED) is 0.699. The highest BCUT2D eigenvalue weighted by molar-refractivity contribution is 6.30. The topological polar surface area (TPSA) is 38.8 Å². The zero-order valence-electron chi connectivity index (χ0n) is 15.9. The minimum absolute atomic E-state index is 0.0185. The summed E-state index contributed by atoms with van der Waals surface area (Å²) in [4.78, 5) is 14.7. The van der Waals surface area contributed by atoms with E-state index in [1.807, 2.05) is 61.2 Å². The van der Waals surface area contributed by atoms with Crippen LogP contribution in [0.15, 0.2) is 42.5 Å². The zero-order valence-corrected chi connectivity index (χ0v) is 16.7. The fraction of sp³-hybridized carbons (Fsp3) is 0.409. The van der Waals surface area contributed by atoms with Gasteiger partial charge in [0.1, 0.15) is 5.75 Å². The van der Waals surface area contributed by atoms with Crippen molar-refractivity contribution >= 4 is 17.5 Å². The second-order valence-electron chi connectivity index (χ2n) is 7.02. The molecule has 4 nitrogen and oxygen atoms in total. The van der Waals surface area contributed by atoms with Crippen LogP contribution in [-0.2, 0) is 16.1 Å². The van der Waals surface area contributed by atoms with E-state index in [9.17, 15) is 4.79 Å². The van der Waals surface area contributed by atoms with Crippen molar-refractivity contribution in [2.75, 3.05) is 19.8 Å². The number of aryl methyl sites for hydroxylation is 1. The smallest absolute Gasteiger partial charge is 0.260 e. The highest BCUT2D eigenvalue weighted by atomic mass is 35.5. The molecule has 144 valence electrons. The number of hydrogen-bond acceptors (Lipinski definition) is 3. The number of ether oxygens (including phenoxy) is 2. The van der Waals surface area contributed by atoms with Gasteiger partial charge in [-0.05, 0) is 61.6 Å². The van der Waals surface area contributed by atoms with Gasteiger partial charge >= 0.3 is 0 Å². The van der Waals surface area contributed by atoms with Gasteiger partial charge in [-0.3, -0.25) is 4.79 Å².